The molecule has 0 radical (unpaired) electrons. The molecule has 0 rings (SSSR count). The Labute approximate surface area is 157 Å². The molecule has 0 aromatic rings. The Hall–Kier alpha value is -1.69. The summed E-state index contributed by atoms with van der Waals surface area (Å²) < 4.78 is 4.52. The van der Waals surface area contributed by atoms with Crippen LogP contribution in [0.3, 0.4) is 0 Å². The van der Waals surface area contributed by atoms with Gasteiger partial charge in [0, 0.05) is 6.42 Å². The molecular weight excluding hydrogens is 332 g/mol. The molecule has 0 aliphatic carbocycles. The van der Waals surface area contributed by atoms with Gasteiger partial charge >= 0.3 is 5.97 Å². The maximum atomic E-state index is 11.0. The van der Waals surface area contributed by atoms with Crippen molar-refractivity contribution in [2.24, 2.45) is 0 Å². The van der Waals surface area contributed by atoms with E-state index in [1.165, 1.54) is 13.2 Å². The number of carbonyl (C=O) groups is 1. The molecule has 0 aromatic carbocycles. The lowest BCUT2D eigenvalue weighted by molar-refractivity contribution is -0.140. The molecule has 5 nitrogen and oxygen atoms in total. The van der Waals surface area contributed by atoms with Crippen LogP contribution in [0.15, 0.2) is 48.6 Å². The SMILES string of the molecule is CCCCC[C@@H](O)/C=C/C=C\C=C\C=C\[C@@H](O)[C@@H](O)CCCC(=O)OC. The van der Waals surface area contributed by atoms with E-state index in [1.807, 2.05) is 18.2 Å². The van der Waals surface area contributed by atoms with Crippen molar-refractivity contribution in [2.45, 2.75) is 70.2 Å². The van der Waals surface area contributed by atoms with Gasteiger partial charge in [-0.05, 0) is 19.3 Å². The van der Waals surface area contributed by atoms with E-state index in [0.29, 0.717) is 12.8 Å². The molecule has 0 unspecified atom stereocenters. The van der Waals surface area contributed by atoms with Gasteiger partial charge < -0.3 is 20.1 Å². The zero-order chi connectivity index (χ0) is 19.6. The lowest BCUT2D eigenvalue weighted by atomic mass is 10.1. The highest BCUT2D eigenvalue weighted by atomic mass is 16.5. The van der Waals surface area contributed by atoms with Crippen molar-refractivity contribution in [2.75, 3.05) is 7.11 Å². The molecule has 0 aliphatic heterocycles. The van der Waals surface area contributed by atoms with Crippen LogP contribution < -0.4 is 0 Å². The van der Waals surface area contributed by atoms with Gasteiger partial charge in [0.15, 0.2) is 0 Å². The third-order valence-electron chi connectivity index (χ3n) is 3.80. The number of esters is 1. The van der Waals surface area contributed by atoms with Crippen LogP contribution in [-0.2, 0) is 9.53 Å². The van der Waals surface area contributed by atoms with Gasteiger partial charge in [0.05, 0.1) is 25.4 Å². The van der Waals surface area contributed by atoms with E-state index in [2.05, 4.69) is 11.7 Å². The normalized spacial score (nSPS) is 16.0. The summed E-state index contributed by atoms with van der Waals surface area (Å²) in [5, 5.41) is 29.3. The third-order valence-corrected chi connectivity index (χ3v) is 3.80. The number of rotatable bonds is 14. The second-order valence-electron chi connectivity index (χ2n) is 6.13. The average molecular weight is 366 g/mol. The minimum Gasteiger partial charge on any atom is -0.469 e. The Morgan fingerprint density at radius 2 is 1.50 bits per heavy atom. The summed E-state index contributed by atoms with van der Waals surface area (Å²) >= 11 is 0. The molecule has 0 aliphatic rings. The molecule has 3 N–H and O–H groups in total. The second kappa shape index (κ2) is 16.8. The Bertz CT molecular complexity index is 465. The monoisotopic (exact) mass is 366 g/mol. The number of aliphatic hydroxyl groups excluding tert-OH is 3. The first-order valence-corrected chi connectivity index (χ1v) is 9.30. The first kappa shape index (κ1) is 24.3. The minimum atomic E-state index is -0.973. The number of hydrogen-bond acceptors (Lipinski definition) is 5. The van der Waals surface area contributed by atoms with Crippen LogP contribution in [0.4, 0.5) is 0 Å². The van der Waals surface area contributed by atoms with Crippen LogP contribution in [0.5, 0.6) is 0 Å². The van der Waals surface area contributed by atoms with E-state index >= 15 is 0 Å². The standard InChI is InChI=1S/C21H34O5/c1-3-4-9-13-18(22)14-10-7-5-6-8-11-15-19(23)20(24)16-12-17-21(25)26-2/h5-8,10-11,14-15,18-20,22-24H,3-4,9,12-13,16-17H2,1-2H3/b7-5-,8-6+,14-10+,15-11+/t18-,19-,20+/m1/s1. The van der Waals surface area contributed by atoms with Crippen molar-refractivity contribution in [3.05, 3.63) is 48.6 Å². The molecule has 0 saturated carbocycles. The van der Waals surface area contributed by atoms with E-state index < -0.39 is 18.3 Å². The van der Waals surface area contributed by atoms with E-state index in [0.717, 1.165) is 25.7 Å². The highest BCUT2D eigenvalue weighted by molar-refractivity contribution is 5.68. The number of methoxy groups -OCH3 is 1. The zero-order valence-corrected chi connectivity index (χ0v) is 16.0. The van der Waals surface area contributed by atoms with Crippen LogP contribution in [0.2, 0.25) is 0 Å². The maximum absolute atomic E-state index is 11.0. The molecule has 0 heterocycles. The van der Waals surface area contributed by atoms with Crippen molar-refractivity contribution in [3.8, 4) is 0 Å². The summed E-state index contributed by atoms with van der Waals surface area (Å²) in [6.07, 6.45) is 16.8. The first-order chi connectivity index (χ1) is 12.5. The summed E-state index contributed by atoms with van der Waals surface area (Å²) in [6, 6.07) is 0. The van der Waals surface area contributed by atoms with Crippen LogP contribution in [0.1, 0.15) is 51.9 Å². The molecule has 0 spiro atoms. The van der Waals surface area contributed by atoms with Crippen molar-refractivity contribution in [1.29, 1.82) is 0 Å². The third kappa shape index (κ3) is 14.6. The predicted octanol–water partition coefficient (Wildman–Crippen LogP) is 3.22. The second-order valence-corrected chi connectivity index (χ2v) is 6.13. The number of hydrogen-bond donors (Lipinski definition) is 3. The molecule has 5 heteroatoms. The summed E-state index contributed by atoms with van der Waals surface area (Å²) in [4.78, 5) is 11.0. The number of allylic oxidation sites excluding steroid dienone is 6. The number of ether oxygens (including phenoxy) is 1. The Kier molecular flexibility index (Phi) is 15.7. The topological polar surface area (TPSA) is 87.0 Å². The van der Waals surface area contributed by atoms with Crippen molar-refractivity contribution >= 4 is 5.97 Å². The van der Waals surface area contributed by atoms with Gasteiger partial charge in [0.2, 0.25) is 0 Å². The fourth-order valence-electron chi connectivity index (χ4n) is 2.18. The number of aliphatic hydroxyl groups is 3. The summed E-state index contributed by atoms with van der Waals surface area (Å²) in [7, 11) is 1.32. The molecule has 0 bridgehead atoms. The molecule has 0 aromatic heterocycles. The summed E-state index contributed by atoms with van der Waals surface area (Å²) in [5.74, 6) is -0.320. The molecule has 3 atom stereocenters. The van der Waals surface area contributed by atoms with Gasteiger partial charge in [-0.15, -0.1) is 0 Å². The van der Waals surface area contributed by atoms with E-state index in [-0.39, 0.29) is 12.4 Å². The van der Waals surface area contributed by atoms with E-state index in [1.54, 1.807) is 24.3 Å². The van der Waals surface area contributed by atoms with Gasteiger partial charge in [0.1, 0.15) is 0 Å². The largest absolute Gasteiger partial charge is 0.469 e. The van der Waals surface area contributed by atoms with Gasteiger partial charge in [-0.3, -0.25) is 4.79 Å². The molecule has 0 fully saturated rings. The van der Waals surface area contributed by atoms with E-state index in [9.17, 15) is 20.1 Å². The minimum absolute atomic E-state index is 0.232. The first-order valence-electron chi connectivity index (χ1n) is 9.30. The molecule has 148 valence electrons. The van der Waals surface area contributed by atoms with Gasteiger partial charge in [-0.1, -0.05) is 74.8 Å². The van der Waals surface area contributed by atoms with Gasteiger partial charge in [-0.2, -0.15) is 0 Å². The fraction of sp³-hybridized carbons (Fsp3) is 0.571. The zero-order valence-electron chi connectivity index (χ0n) is 16.0. The van der Waals surface area contributed by atoms with E-state index in [4.69, 9.17) is 0 Å². The Balaban J connectivity index is 3.98. The van der Waals surface area contributed by atoms with Crippen molar-refractivity contribution in [1.82, 2.24) is 0 Å². The summed E-state index contributed by atoms with van der Waals surface area (Å²) in [5.41, 5.74) is 0. The Morgan fingerprint density at radius 3 is 2.12 bits per heavy atom. The van der Waals surface area contributed by atoms with Crippen molar-refractivity contribution < 1.29 is 24.9 Å². The summed E-state index contributed by atoms with van der Waals surface area (Å²) in [6.45, 7) is 2.14. The molecule has 26 heavy (non-hydrogen) atoms. The quantitative estimate of drug-likeness (QED) is 0.250. The molecule has 0 amide bonds. The smallest absolute Gasteiger partial charge is 0.305 e. The average Bonchev–Trinajstić information content (AvgIpc) is 2.63. The predicted molar refractivity (Wildman–Crippen MR) is 105 cm³/mol. The lowest BCUT2D eigenvalue weighted by Gasteiger charge is -2.13. The number of unbranched alkanes of at least 4 members (excludes halogenated alkanes) is 2. The number of carbonyl (C=O) groups excluding carboxylic acids is 1. The maximum Gasteiger partial charge on any atom is 0.305 e. The highest BCUT2D eigenvalue weighted by Gasteiger charge is 2.13. The van der Waals surface area contributed by atoms with Crippen LogP contribution in [0.25, 0.3) is 0 Å². The van der Waals surface area contributed by atoms with Gasteiger partial charge in [-0.25, -0.2) is 0 Å². The Morgan fingerprint density at radius 1 is 0.885 bits per heavy atom. The van der Waals surface area contributed by atoms with Gasteiger partial charge in [0.25, 0.3) is 0 Å². The van der Waals surface area contributed by atoms with Crippen LogP contribution in [0, 0.1) is 0 Å². The fourth-order valence-corrected chi connectivity index (χ4v) is 2.18. The van der Waals surface area contributed by atoms with Crippen LogP contribution >= 0.6 is 0 Å². The lowest BCUT2D eigenvalue weighted by Crippen LogP contribution is -2.23. The highest BCUT2D eigenvalue weighted by Crippen LogP contribution is 2.07. The molecule has 0 saturated heterocycles. The van der Waals surface area contributed by atoms with Crippen LogP contribution in [-0.4, -0.2) is 46.7 Å². The molecular formula is C21H34O5. The van der Waals surface area contributed by atoms with Crippen molar-refractivity contribution in [3.63, 3.8) is 0 Å².